The Balaban J connectivity index is 1.99. The van der Waals surface area contributed by atoms with Crippen molar-refractivity contribution < 1.29 is 0 Å². The number of benzene rings is 2. The summed E-state index contributed by atoms with van der Waals surface area (Å²) < 4.78 is 0. The van der Waals surface area contributed by atoms with E-state index >= 15 is 0 Å². The summed E-state index contributed by atoms with van der Waals surface area (Å²) in [5.74, 6) is 0. The minimum Gasteiger partial charge on any atom is -0.306 e. The Hall–Kier alpha value is -1.60. The third-order valence-electron chi connectivity index (χ3n) is 3.17. The molecule has 0 aliphatic rings. The molecule has 1 atom stereocenters. The van der Waals surface area contributed by atoms with Crippen LogP contribution < -0.4 is 5.32 Å². The molecule has 18 heavy (non-hydrogen) atoms. The second kappa shape index (κ2) is 6.97. The van der Waals surface area contributed by atoms with Gasteiger partial charge in [-0.25, -0.2) is 0 Å². The molecule has 0 heterocycles. The van der Waals surface area contributed by atoms with Gasteiger partial charge in [0.1, 0.15) is 0 Å². The van der Waals surface area contributed by atoms with Crippen LogP contribution in [0.15, 0.2) is 60.7 Å². The number of hydrogen-bond acceptors (Lipinski definition) is 1. The molecule has 0 aromatic heterocycles. The summed E-state index contributed by atoms with van der Waals surface area (Å²) in [6.45, 7) is 3.17. The summed E-state index contributed by atoms with van der Waals surface area (Å²) in [5, 5.41) is 3.65. The van der Waals surface area contributed by atoms with E-state index in [1.165, 1.54) is 24.0 Å². The van der Waals surface area contributed by atoms with Crippen LogP contribution in [0.1, 0.15) is 36.9 Å². The van der Waals surface area contributed by atoms with E-state index in [4.69, 9.17) is 0 Å². The molecule has 2 rings (SSSR count). The molecule has 0 bridgehead atoms. The molecule has 1 nitrogen and oxygen atoms in total. The molecule has 1 N–H and O–H groups in total. The molecule has 0 fully saturated rings. The van der Waals surface area contributed by atoms with Gasteiger partial charge in [0.15, 0.2) is 0 Å². The normalized spacial score (nSPS) is 12.3. The van der Waals surface area contributed by atoms with Crippen LogP contribution in [0.3, 0.4) is 0 Å². The van der Waals surface area contributed by atoms with E-state index in [1.54, 1.807) is 0 Å². The predicted octanol–water partition coefficient (Wildman–Crippen LogP) is 4.32. The Labute approximate surface area is 110 Å². The van der Waals surface area contributed by atoms with Crippen molar-refractivity contribution >= 4 is 0 Å². The van der Waals surface area contributed by atoms with Crippen molar-refractivity contribution in [1.82, 2.24) is 5.32 Å². The van der Waals surface area contributed by atoms with Gasteiger partial charge in [-0.05, 0) is 17.5 Å². The molecule has 0 aliphatic heterocycles. The summed E-state index contributed by atoms with van der Waals surface area (Å²) in [4.78, 5) is 0. The van der Waals surface area contributed by atoms with E-state index < -0.39 is 0 Å². The van der Waals surface area contributed by atoms with Gasteiger partial charge in [0, 0.05) is 12.6 Å². The summed E-state index contributed by atoms with van der Waals surface area (Å²) in [6.07, 6.45) is 2.37. The lowest BCUT2D eigenvalue weighted by atomic mass is 10.0. The van der Waals surface area contributed by atoms with Crippen LogP contribution in [0.2, 0.25) is 0 Å². The van der Waals surface area contributed by atoms with Crippen LogP contribution in [0, 0.1) is 0 Å². The van der Waals surface area contributed by atoms with Gasteiger partial charge < -0.3 is 5.32 Å². The van der Waals surface area contributed by atoms with Crippen LogP contribution in [0.4, 0.5) is 0 Å². The molecule has 0 saturated carbocycles. The fourth-order valence-electron chi connectivity index (χ4n) is 2.20. The molecule has 94 valence electrons. The molecular formula is C17H21N. The van der Waals surface area contributed by atoms with Crippen molar-refractivity contribution in [3.05, 3.63) is 71.8 Å². The molecular weight excluding hydrogens is 218 g/mol. The van der Waals surface area contributed by atoms with Crippen LogP contribution in [-0.4, -0.2) is 0 Å². The molecule has 2 aromatic carbocycles. The molecule has 0 unspecified atom stereocenters. The number of hydrogen-bond donors (Lipinski definition) is 1. The molecule has 0 spiro atoms. The van der Waals surface area contributed by atoms with Gasteiger partial charge in [0.05, 0.1) is 0 Å². The van der Waals surface area contributed by atoms with Gasteiger partial charge in [0.25, 0.3) is 0 Å². The number of rotatable bonds is 6. The van der Waals surface area contributed by atoms with Crippen molar-refractivity contribution in [3.63, 3.8) is 0 Å². The molecule has 0 radical (unpaired) electrons. The number of nitrogens with one attached hydrogen (secondary N) is 1. The lowest BCUT2D eigenvalue weighted by Gasteiger charge is -2.18. The van der Waals surface area contributed by atoms with Crippen molar-refractivity contribution in [2.75, 3.05) is 0 Å². The first-order valence-electron chi connectivity index (χ1n) is 6.72. The fraction of sp³-hybridized carbons (Fsp3) is 0.294. The maximum Gasteiger partial charge on any atom is 0.0323 e. The highest BCUT2D eigenvalue weighted by Crippen LogP contribution is 2.18. The highest BCUT2D eigenvalue weighted by atomic mass is 14.9. The highest BCUT2D eigenvalue weighted by Gasteiger charge is 2.08. The maximum atomic E-state index is 3.65. The van der Waals surface area contributed by atoms with E-state index in [-0.39, 0.29) is 0 Å². The van der Waals surface area contributed by atoms with Gasteiger partial charge in [0.2, 0.25) is 0 Å². The minimum atomic E-state index is 0.455. The van der Waals surface area contributed by atoms with Gasteiger partial charge in [-0.2, -0.15) is 0 Å². The first kappa shape index (κ1) is 12.8. The molecule has 0 aliphatic carbocycles. The maximum absolute atomic E-state index is 3.65. The standard InChI is InChI=1S/C17H21N/c1-2-9-17(16-12-7-4-8-13-16)18-14-15-10-5-3-6-11-15/h3-8,10-13,17-18H,2,9,14H2,1H3/t17-/m1/s1. The first-order valence-corrected chi connectivity index (χ1v) is 6.72. The lowest BCUT2D eigenvalue weighted by molar-refractivity contribution is 0.493. The van der Waals surface area contributed by atoms with Crippen molar-refractivity contribution in [3.8, 4) is 0 Å². The predicted molar refractivity (Wildman–Crippen MR) is 77.4 cm³/mol. The fourth-order valence-corrected chi connectivity index (χ4v) is 2.20. The van der Waals surface area contributed by atoms with E-state index in [0.29, 0.717) is 6.04 Å². The summed E-state index contributed by atoms with van der Waals surface area (Å²) in [5.41, 5.74) is 2.73. The Kier molecular flexibility index (Phi) is 4.98. The molecule has 0 saturated heterocycles. The first-order chi connectivity index (χ1) is 8.90. The lowest BCUT2D eigenvalue weighted by Crippen LogP contribution is -2.20. The summed E-state index contributed by atoms with van der Waals surface area (Å²) in [6, 6.07) is 21.7. The third kappa shape index (κ3) is 3.71. The van der Waals surface area contributed by atoms with Crippen molar-refractivity contribution in [2.45, 2.75) is 32.4 Å². The quantitative estimate of drug-likeness (QED) is 0.791. The van der Waals surface area contributed by atoms with Crippen LogP contribution in [0.5, 0.6) is 0 Å². The monoisotopic (exact) mass is 239 g/mol. The van der Waals surface area contributed by atoms with Gasteiger partial charge in [-0.3, -0.25) is 0 Å². The second-order valence-corrected chi connectivity index (χ2v) is 4.62. The SMILES string of the molecule is CCC[C@@H](NCc1ccccc1)c1ccccc1. The van der Waals surface area contributed by atoms with Gasteiger partial charge in [-0.15, -0.1) is 0 Å². The summed E-state index contributed by atoms with van der Waals surface area (Å²) >= 11 is 0. The Morgan fingerprint density at radius 3 is 2.11 bits per heavy atom. The van der Waals surface area contributed by atoms with Crippen molar-refractivity contribution in [2.24, 2.45) is 0 Å². The van der Waals surface area contributed by atoms with E-state index in [0.717, 1.165) is 6.54 Å². The Morgan fingerprint density at radius 1 is 0.889 bits per heavy atom. The zero-order valence-corrected chi connectivity index (χ0v) is 11.0. The van der Waals surface area contributed by atoms with Crippen LogP contribution in [-0.2, 0) is 6.54 Å². The minimum absolute atomic E-state index is 0.455. The van der Waals surface area contributed by atoms with Gasteiger partial charge >= 0.3 is 0 Å². The molecule has 2 aromatic rings. The van der Waals surface area contributed by atoms with Crippen LogP contribution in [0.25, 0.3) is 0 Å². The Bertz CT molecular complexity index is 436. The topological polar surface area (TPSA) is 12.0 Å². The average Bonchev–Trinajstić information content (AvgIpc) is 2.45. The Morgan fingerprint density at radius 2 is 1.50 bits per heavy atom. The third-order valence-corrected chi connectivity index (χ3v) is 3.17. The van der Waals surface area contributed by atoms with Crippen molar-refractivity contribution in [1.29, 1.82) is 0 Å². The zero-order chi connectivity index (χ0) is 12.6. The molecule has 0 amide bonds. The van der Waals surface area contributed by atoms with Gasteiger partial charge in [-0.1, -0.05) is 74.0 Å². The largest absolute Gasteiger partial charge is 0.306 e. The van der Waals surface area contributed by atoms with E-state index in [9.17, 15) is 0 Å². The van der Waals surface area contributed by atoms with E-state index in [1.807, 2.05) is 0 Å². The second-order valence-electron chi connectivity index (χ2n) is 4.62. The highest BCUT2D eigenvalue weighted by molar-refractivity contribution is 5.20. The van der Waals surface area contributed by atoms with E-state index in [2.05, 4.69) is 72.9 Å². The summed E-state index contributed by atoms with van der Waals surface area (Å²) in [7, 11) is 0. The molecule has 1 heteroatoms. The van der Waals surface area contributed by atoms with Crippen LogP contribution >= 0.6 is 0 Å². The zero-order valence-electron chi connectivity index (χ0n) is 11.0. The smallest absolute Gasteiger partial charge is 0.0323 e. The average molecular weight is 239 g/mol.